The molecular weight excluding hydrogens is 240 g/mol. The average molecular weight is 264 g/mol. The molecule has 1 N–H and O–H groups in total. The fourth-order valence-electron chi connectivity index (χ4n) is 2.51. The fraction of sp³-hybridized carbons (Fsp3) is 0.625. The summed E-state index contributed by atoms with van der Waals surface area (Å²) >= 11 is 0. The molecule has 1 unspecified atom stereocenters. The van der Waals surface area contributed by atoms with Crippen molar-refractivity contribution in [3.63, 3.8) is 0 Å². The molecule has 1 saturated carbocycles. The number of benzene rings is 1. The molecule has 0 heterocycles. The number of hydrogen-bond acceptors (Lipinski definition) is 3. The third kappa shape index (κ3) is 4.51. The largest absolute Gasteiger partial charge is 0.494 e. The van der Waals surface area contributed by atoms with Crippen molar-refractivity contribution in [3.05, 3.63) is 29.8 Å². The molecule has 0 radical (unpaired) electrons. The Morgan fingerprint density at radius 2 is 1.84 bits per heavy atom. The van der Waals surface area contributed by atoms with E-state index in [1.165, 1.54) is 19.3 Å². The molecule has 1 atom stereocenters. The monoisotopic (exact) mass is 264 g/mol. The van der Waals surface area contributed by atoms with Gasteiger partial charge in [-0.1, -0.05) is 31.4 Å². The van der Waals surface area contributed by atoms with Gasteiger partial charge in [0.15, 0.2) is 0 Å². The number of aliphatic hydroxyl groups is 1. The van der Waals surface area contributed by atoms with Gasteiger partial charge in [-0.15, -0.1) is 0 Å². The van der Waals surface area contributed by atoms with Gasteiger partial charge < -0.3 is 14.6 Å². The third-order valence-corrected chi connectivity index (χ3v) is 3.62. The molecule has 3 nitrogen and oxygen atoms in total. The Hall–Kier alpha value is -1.06. The predicted molar refractivity (Wildman–Crippen MR) is 75.4 cm³/mol. The molecule has 0 spiro atoms. The summed E-state index contributed by atoms with van der Waals surface area (Å²) in [5.74, 6) is 0.839. The number of aliphatic hydroxyl groups excluding tert-OH is 1. The molecule has 19 heavy (non-hydrogen) atoms. The Morgan fingerprint density at radius 3 is 2.47 bits per heavy atom. The number of rotatable bonds is 6. The quantitative estimate of drug-likeness (QED) is 0.855. The van der Waals surface area contributed by atoms with Crippen LogP contribution in [0.2, 0.25) is 0 Å². The lowest BCUT2D eigenvalue weighted by molar-refractivity contribution is -0.0245. The summed E-state index contributed by atoms with van der Waals surface area (Å²) in [6.45, 7) is 3.01. The van der Waals surface area contributed by atoms with Gasteiger partial charge in [0.25, 0.3) is 0 Å². The predicted octanol–water partition coefficient (Wildman–Crippen LogP) is 3.47. The highest BCUT2D eigenvalue weighted by Crippen LogP contribution is 2.23. The summed E-state index contributed by atoms with van der Waals surface area (Å²) in [6, 6.07) is 7.59. The molecule has 0 aliphatic heterocycles. The number of hydrogen-bond donors (Lipinski definition) is 1. The topological polar surface area (TPSA) is 38.7 Å². The highest BCUT2D eigenvalue weighted by molar-refractivity contribution is 5.28. The summed E-state index contributed by atoms with van der Waals surface area (Å²) in [6.07, 6.45) is 5.89. The van der Waals surface area contributed by atoms with E-state index >= 15 is 0 Å². The van der Waals surface area contributed by atoms with Crippen molar-refractivity contribution in [1.82, 2.24) is 0 Å². The van der Waals surface area contributed by atoms with Crippen molar-refractivity contribution >= 4 is 0 Å². The minimum absolute atomic E-state index is 0.339. The lowest BCUT2D eigenvalue weighted by atomic mass is 9.98. The molecule has 0 bridgehead atoms. The van der Waals surface area contributed by atoms with E-state index in [1.54, 1.807) is 0 Å². The van der Waals surface area contributed by atoms with E-state index in [0.717, 1.165) is 24.2 Å². The first kappa shape index (κ1) is 14.4. The van der Waals surface area contributed by atoms with Crippen LogP contribution in [0.4, 0.5) is 0 Å². The van der Waals surface area contributed by atoms with Crippen LogP contribution < -0.4 is 4.74 Å². The zero-order valence-electron chi connectivity index (χ0n) is 11.7. The first-order valence-corrected chi connectivity index (χ1v) is 7.32. The van der Waals surface area contributed by atoms with E-state index in [9.17, 15) is 5.11 Å². The lowest BCUT2D eigenvalue weighted by Crippen LogP contribution is -2.20. The molecule has 2 rings (SSSR count). The van der Waals surface area contributed by atoms with Crippen molar-refractivity contribution in [3.8, 4) is 5.75 Å². The average Bonchev–Trinajstić information content (AvgIpc) is 2.47. The summed E-state index contributed by atoms with van der Waals surface area (Å²) in [7, 11) is 0. The summed E-state index contributed by atoms with van der Waals surface area (Å²) in [4.78, 5) is 0. The molecule has 1 fully saturated rings. The third-order valence-electron chi connectivity index (χ3n) is 3.62. The molecule has 1 aromatic rings. The van der Waals surface area contributed by atoms with Crippen LogP contribution in [0.1, 0.15) is 50.7 Å². The highest BCUT2D eigenvalue weighted by Gasteiger charge is 2.16. The van der Waals surface area contributed by atoms with Crippen molar-refractivity contribution in [2.75, 3.05) is 13.2 Å². The Morgan fingerprint density at radius 1 is 1.16 bits per heavy atom. The molecule has 1 aliphatic carbocycles. The molecule has 106 valence electrons. The van der Waals surface area contributed by atoms with E-state index in [-0.39, 0.29) is 0 Å². The molecule has 0 saturated heterocycles. The van der Waals surface area contributed by atoms with Crippen molar-refractivity contribution in [2.45, 2.75) is 51.2 Å². The van der Waals surface area contributed by atoms with Crippen LogP contribution in [0.15, 0.2) is 24.3 Å². The van der Waals surface area contributed by atoms with E-state index in [0.29, 0.717) is 19.3 Å². The second-order valence-corrected chi connectivity index (χ2v) is 5.11. The smallest absolute Gasteiger partial charge is 0.119 e. The summed E-state index contributed by atoms with van der Waals surface area (Å²) in [5.41, 5.74) is 0.888. The Kier molecular flexibility index (Phi) is 5.67. The van der Waals surface area contributed by atoms with Crippen LogP contribution in [0.5, 0.6) is 5.75 Å². The van der Waals surface area contributed by atoms with Crippen molar-refractivity contribution in [2.24, 2.45) is 0 Å². The Bertz CT molecular complexity index is 355. The number of ether oxygens (including phenoxy) is 2. The minimum atomic E-state index is -0.544. The van der Waals surface area contributed by atoms with Crippen LogP contribution in [-0.4, -0.2) is 24.4 Å². The maximum atomic E-state index is 10.1. The second-order valence-electron chi connectivity index (χ2n) is 5.11. The fourth-order valence-corrected chi connectivity index (χ4v) is 2.51. The molecule has 0 aromatic heterocycles. The molecule has 1 aromatic carbocycles. The standard InChI is InChI=1S/C16H24O3/c1-2-18-15-10-8-13(9-11-15)16(17)12-19-14-6-4-3-5-7-14/h8-11,14,16-17H,2-7,12H2,1H3. The first-order chi connectivity index (χ1) is 9.29. The highest BCUT2D eigenvalue weighted by atomic mass is 16.5. The maximum Gasteiger partial charge on any atom is 0.119 e. The van der Waals surface area contributed by atoms with Gasteiger partial charge in [0.2, 0.25) is 0 Å². The van der Waals surface area contributed by atoms with Gasteiger partial charge >= 0.3 is 0 Å². The lowest BCUT2D eigenvalue weighted by Gasteiger charge is -2.23. The zero-order valence-corrected chi connectivity index (χ0v) is 11.7. The molecule has 0 amide bonds. The summed E-state index contributed by atoms with van der Waals surface area (Å²) < 4.78 is 11.2. The van der Waals surface area contributed by atoms with E-state index in [1.807, 2.05) is 31.2 Å². The van der Waals surface area contributed by atoms with E-state index in [4.69, 9.17) is 9.47 Å². The normalized spacial score (nSPS) is 18.2. The Balaban J connectivity index is 1.79. The maximum absolute atomic E-state index is 10.1. The van der Waals surface area contributed by atoms with Gasteiger partial charge in [0, 0.05) is 0 Å². The molecule has 1 aliphatic rings. The minimum Gasteiger partial charge on any atom is -0.494 e. The van der Waals surface area contributed by atoms with E-state index in [2.05, 4.69) is 0 Å². The van der Waals surface area contributed by atoms with Gasteiger partial charge in [-0.2, -0.15) is 0 Å². The van der Waals surface area contributed by atoms with Gasteiger partial charge in [-0.3, -0.25) is 0 Å². The first-order valence-electron chi connectivity index (χ1n) is 7.32. The Labute approximate surface area is 115 Å². The van der Waals surface area contributed by atoms with Crippen molar-refractivity contribution in [1.29, 1.82) is 0 Å². The van der Waals surface area contributed by atoms with Crippen LogP contribution in [0.3, 0.4) is 0 Å². The summed E-state index contributed by atoms with van der Waals surface area (Å²) in [5, 5.41) is 10.1. The molecule has 3 heteroatoms. The van der Waals surface area contributed by atoms with Crippen LogP contribution in [0, 0.1) is 0 Å². The van der Waals surface area contributed by atoms with Crippen LogP contribution in [0.25, 0.3) is 0 Å². The van der Waals surface area contributed by atoms with Gasteiger partial charge in [-0.25, -0.2) is 0 Å². The van der Waals surface area contributed by atoms with Gasteiger partial charge in [-0.05, 0) is 37.5 Å². The van der Waals surface area contributed by atoms with Gasteiger partial charge in [0.05, 0.1) is 19.3 Å². The second kappa shape index (κ2) is 7.51. The van der Waals surface area contributed by atoms with Crippen LogP contribution >= 0.6 is 0 Å². The van der Waals surface area contributed by atoms with Gasteiger partial charge in [0.1, 0.15) is 11.9 Å². The zero-order chi connectivity index (χ0) is 13.5. The van der Waals surface area contributed by atoms with Crippen LogP contribution in [-0.2, 0) is 4.74 Å². The molecular formula is C16H24O3. The van der Waals surface area contributed by atoms with Crippen molar-refractivity contribution < 1.29 is 14.6 Å². The van der Waals surface area contributed by atoms with E-state index < -0.39 is 6.10 Å². The SMILES string of the molecule is CCOc1ccc(C(O)COC2CCCCC2)cc1.